The zero-order valence-corrected chi connectivity index (χ0v) is 15.7. The number of hydrogen-bond acceptors (Lipinski definition) is 3. The lowest BCUT2D eigenvalue weighted by Crippen LogP contribution is -2.36. The van der Waals surface area contributed by atoms with Crippen LogP contribution in [0.25, 0.3) is 0 Å². The zero-order valence-electron chi connectivity index (χ0n) is 14.9. The van der Waals surface area contributed by atoms with E-state index in [1.807, 2.05) is 20.8 Å². The van der Waals surface area contributed by atoms with Gasteiger partial charge in [0.2, 0.25) is 0 Å². The molecule has 6 heteroatoms. The number of carbonyl (C=O) groups excluding carboxylic acids is 1. The zero-order chi connectivity index (χ0) is 18.6. The van der Waals surface area contributed by atoms with Crippen molar-refractivity contribution in [3.05, 3.63) is 59.7 Å². The van der Waals surface area contributed by atoms with E-state index in [0.29, 0.717) is 17.2 Å². The van der Waals surface area contributed by atoms with E-state index >= 15 is 0 Å². The molecule has 25 heavy (non-hydrogen) atoms. The molecule has 2 N–H and O–H groups in total. The first kappa shape index (κ1) is 19.0. The molecule has 0 fully saturated rings. The summed E-state index contributed by atoms with van der Waals surface area (Å²) < 4.78 is 27.5. The molecule has 0 radical (unpaired) electrons. The van der Waals surface area contributed by atoms with E-state index in [1.54, 1.807) is 43.3 Å². The van der Waals surface area contributed by atoms with Crippen molar-refractivity contribution in [3.63, 3.8) is 0 Å². The first-order valence-electron chi connectivity index (χ1n) is 8.20. The Morgan fingerprint density at radius 1 is 1.00 bits per heavy atom. The van der Waals surface area contributed by atoms with Crippen LogP contribution >= 0.6 is 0 Å². The first-order chi connectivity index (χ1) is 11.7. The van der Waals surface area contributed by atoms with Gasteiger partial charge in [-0.1, -0.05) is 38.1 Å². The van der Waals surface area contributed by atoms with Gasteiger partial charge in [-0.15, -0.1) is 0 Å². The van der Waals surface area contributed by atoms with E-state index in [-0.39, 0.29) is 16.8 Å². The van der Waals surface area contributed by atoms with Crippen molar-refractivity contribution in [1.29, 1.82) is 0 Å². The van der Waals surface area contributed by atoms with E-state index in [4.69, 9.17) is 0 Å². The highest BCUT2D eigenvalue weighted by atomic mass is 32.2. The molecular formula is C19H24N2O3S. The Morgan fingerprint density at radius 2 is 1.64 bits per heavy atom. The molecule has 0 aromatic heterocycles. The SMILES string of the molecule is Cc1ccc(C(=O)N[C@H](C)C(C)C)cc1NS(=O)(=O)c1ccccc1. The minimum atomic E-state index is -3.70. The highest BCUT2D eigenvalue weighted by Crippen LogP contribution is 2.21. The standard InChI is InChI=1S/C19H24N2O3S/c1-13(2)15(4)20-19(22)16-11-10-14(3)18(12-16)21-25(23,24)17-8-6-5-7-9-17/h5-13,15,21H,1-4H3,(H,20,22)/t15-/m1/s1. The molecule has 2 rings (SSSR count). The molecule has 0 aliphatic heterocycles. The van der Waals surface area contributed by atoms with Crippen molar-refractivity contribution >= 4 is 21.6 Å². The highest BCUT2D eigenvalue weighted by molar-refractivity contribution is 7.92. The third kappa shape index (κ3) is 4.82. The fraction of sp³-hybridized carbons (Fsp3) is 0.316. The lowest BCUT2D eigenvalue weighted by atomic mass is 10.1. The summed E-state index contributed by atoms with van der Waals surface area (Å²) in [6.45, 7) is 7.79. The van der Waals surface area contributed by atoms with Gasteiger partial charge >= 0.3 is 0 Å². The van der Waals surface area contributed by atoms with Gasteiger partial charge in [0, 0.05) is 11.6 Å². The molecule has 0 heterocycles. The topological polar surface area (TPSA) is 75.3 Å². The van der Waals surface area contributed by atoms with Crippen LogP contribution < -0.4 is 10.0 Å². The monoisotopic (exact) mass is 360 g/mol. The van der Waals surface area contributed by atoms with Crippen LogP contribution in [0.3, 0.4) is 0 Å². The molecular weight excluding hydrogens is 336 g/mol. The Labute approximate surface area is 149 Å². The summed E-state index contributed by atoms with van der Waals surface area (Å²) in [7, 11) is -3.70. The van der Waals surface area contributed by atoms with E-state index < -0.39 is 10.0 Å². The molecule has 2 aromatic carbocycles. The number of benzene rings is 2. The maximum Gasteiger partial charge on any atom is 0.261 e. The average Bonchev–Trinajstić information content (AvgIpc) is 2.57. The number of anilines is 1. The Morgan fingerprint density at radius 3 is 2.24 bits per heavy atom. The lowest BCUT2D eigenvalue weighted by Gasteiger charge is -2.18. The summed E-state index contributed by atoms with van der Waals surface area (Å²) in [6, 6.07) is 13.2. The molecule has 134 valence electrons. The Bertz CT molecular complexity index is 846. The van der Waals surface area contributed by atoms with Crippen molar-refractivity contribution in [1.82, 2.24) is 5.32 Å². The molecule has 1 amide bonds. The molecule has 0 aliphatic carbocycles. The molecule has 0 spiro atoms. The molecule has 0 saturated heterocycles. The number of amides is 1. The van der Waals surface area contributed by atoms with Gasteiger partial charge in [0.1, 0.15) is 0 Å². The van der Waals surface area contributed by atoms with Crippen LogP contribution in [0.4, 0.5) is 5.69 Å². The Kier molecular flexibility index (Phi) is 5.85. The van der Waals surface area contributed by atoms with E-state index in [1.165, 1.54) is 12.1 Å². The minimum absolute atomic E-state index is 0.0262. The van der Waals surface area contributed by atoms with E-state index in [0.717, 1.165) is 5.56 Å². The lowest BCUT2D eigenvalue weighted by molar-refractivity contribution is 0.0930. The van der Waals surface area contributed by atoms with Crippen LogP contribution in [0.2, 0.25) is 0 Å². The number of nitrogens with one attached hydrogen (secondary N) is 2. The van der Waals surface area contributed by atoms with Gasteiger partial charge in [-0.2, -0.15) is 0 Å². The van der Waals surface area contributed by atoms with Crippen molar-refractivity contribution in [2.24, 2.45) is 5.92 Å². The van der Waals surface area contributed by atoms with Crippen molar-refractivity contribution in [3.8, 4) is 0 Å². The molecule has 1 atom stereocenters. The summed E-state index contributed by atoms with van der Waals surface area (Å²) in [5.74, 6) is 0.0896. The van der Waals surface area contributed by atoms with Crippen LogP contribution in [-0.4, -0.2) is 20.4 Å². The Hall–Kier alpha value is -2.34. The number of aryl methyl sites for hydroxylation is 1. The van der Waals surface area contributed by atoms with Crippen LogP contribution in [0.5, 0.6) is 0 Å². The summed E-state index contributed by atoms with van der Waals surface area (Å²) in [5.41, 5.74) is 1.56. The van der Waals surface area contributed by atoms with Crippen LogP contribution in [0.1, 0.15) is 36.7 Å². The van der Waals surface area contributed by atoms with Gasteiger partial charge in [-0.25, -0.2) is 8.42 Å². The summed E-state index contributed by atoms with van der Waals surface area (Å²) in [4.78, 5) is 12.5. The average molecular weight is 360 g/mol. The fourth-order valence-corrected chi connectivity index (χ4v) is 3.28. The van der Waals surface area contributed by atoms with Gasteiger partial charge in [-0.3, -0.25) is 9.52 Å². The van der Waals surface area contributed by atoms with E-state index in [2.05, 4.69) is 10.0 Å². The quantitative estimate of drug-likeness (QED) is 0.827. The summed E-state index contributed by atoms with van der Waals surface area (Å²) in [6.07, 6.45) is 0. The highest BCUT2D eigenvalue weighted by Gasteiger charge is 2.17. The second kappa shape index (κ2) is 7.70. The van der Waals surface area contributed by atoms with Crippen LogP contribution in [0.15, 0.2) is 53.4 Å². The second-order valence-corrected chi connectivity index (χ2v) is 8.14. The normalized spacial score (nSPS) is 12.7. The van der Waals surface area contributed by atoms with Gasteiger partial charge in [0.15, 0.2) is 0 Å². The molecule has 0 aliphatic rings. The molecule has 2 aromatic rings. The summed E-state index contributed by atoms with van der Waals surface area (Å²) >= 11 is 0. The first-order valence-corrected chi connectivity index (χ1v) is 9.68. The van der Waals surface area contributed by atoms with Gasteiger partial charge < -0.3 is 5.32 Å². The van der Waals surface area contributed by atoms with Crippen molar-refractivity contribution in [2.45, 2.75) is 38.6 Å². The van der Waals surface area contributed by atoms with Gasteiger partial charge in [-0.05, 0) is 49.6 Å². The minimum Gasteiger partial charge on any atom is -0.349 e. The van der Waals surface area contributed by atoms with Crippen molar-refractivity contribution in [2.75, 3.05) is 4.72 Å². The van der Waals surface area contributed by atoms with Crippen LogP contribution in [-0.2, 0) is 10.0 Å². The number of sulfonamides is 1. The second-order valence-electron chi connectivity index (χ2n) is 6.45. The number of carbonyl (C=O) groups is 1. The van der Waals surface area contributed by atoms with Crippen LogP contribution in [0, 0.1) is 12.8 Å². The maximum atomic E-state index is 12.5. The summed E-state index contributed by atoms with van der Waals surface area (Å²) in [5, 5.41) is 2.92. The number of hydrogen-bond donors (Lipinski definition) is 2. The Balaban J connectivity index is 2.26. The third-order valence-electron chi connectivity index (χ3n) is 4.16. The predicted octanol–water partition coefficient (Wildman–Crippen LogP) is 3.57. The van der Waals surface area contributed by atoms with E-state index in [9.17, 15) is 13.2 Å². The third-order valence-corrected chi connectivity index (χ3v) is 5.54. The van der Waals surface area contributed by atoms with Gasteiger partial charge in [0.05, 0.1) is 10.6 Å². The molecule has 0 unspecified atom stereocenters. The van der Waals surface area contributed by atoms with Crippen molar-refractivity contribution < 1.29 is 13.2 Å². The fourth-order valence-electron chi connectivity index (χ4n) is 2.13. The molecule has 0 bridgehead atoms. The molecule has 5 nitrogen and oxygen atoms in total. The molecule has 0 saturated carbocycles. The predicted molar refractivity (Wildman–Crippen MR) is 100 cm³/mol. The number of rotatable bonds is 6. The van der Waals surface area contributed by atoms with Gasteiger partial charge in [0.25, 0.3) is 15.9 Å². The maximum absolute atomic E-state index is 12.5. The largest absolute Gasteiger partial charge is 0.349 e. The smallest absolute Gasteiger partial charge is 0.261 e.